The number of carbonyl (C=O) groups is 1. The minimum absolute atomic E-state index is 0.0564. The molecule has 0 aliphatic carbocycles. The highest BCUT2D eigenvalue weighted by Gasteiger charge is 2.32. The molecule has 4 nitrogen and oxygen atoms in total. The van der Waals surface area contributed by atoms with Crippen LogP contribution >= 0.6 is 11.3 Å². The van der Waals surface area contributed by atoms with Crippen molar-refractivity contribution in [2.75, 3.05) is 19.5 Å². The third kappa shape index (κ3) is 3.06. The first-order valence-corrected chi connectivity index (χ1v) is 9.38. The number of nitrogens with one attached hydrogen (secondary N) is 1. The fourth-order valence-electron chi connectivity index (χ4n) is 3.51. The Labute approximate surface area is 160 Å². The molecule has 0 saturated carbocycles. The number of halogens is 1. The molecule has 0 spiro atoms. The number of ether oxygens (including phenoxy) is 2. The van der Waals surface area contributed by atoms with Gasteiger partial charge in [-0.15, -0.1) is 11.3 Å². The topological polar surface area (TPSA) is 47.6 Å². The highest BCUT2D eigenvalue weighted by atomic mass is 32.1. The monoisotopic (exact) mass is 383 g/mol. The van der Waals surface area contributed by atoms with Crippen molar-refractivity contribution in [1.29, 1.82) is 0 Å². The van der Waals surface area contributed by atoms with Crippen LogP contribution in [-0.2, 0) is 4.79 Å². The normalized spacial score (nSPS) is 15.8. The Morgan fingerprint density at radius 2 is 1.89 bits per heavy atom. The summed E-state index contributed by atoms with van der Waals surface area (Å²) in [5, 5.41) is 5.00. The maximum absolute atomic E-state index is 13.3. The van der Waals surface area contributed by atoms with E-state index in [1.165, 1.54) is 12.1 Å². The molecule has 2 aromatic carbocycles. The van der Waals surface area contributed by atoms with Crippen LogP contribution < -0.4 is 14.8 Å². The van der Waals surface area contributed by atoms with Gasteiger partial charge in [0.15, 0.2) is 11.5 Å². The Hall–Kier alpha value is -2.86. The SMILES string of the molecule is COc1cccc(C2CC(=O)Nc3c(-c4ccc(F)cc4)csc32)c1OC. The molecule has 138 valence electrons. The summed E-state index contributed by atoms with van der Waals surface area (Å²) >= 11 is 1.58. The lowest BCUT2D eigenvalue weighted by Crippen LogP contribution is -2.22. The number of fused-ring (bicyclic) bond motifs is 1. The van der Waals surface area contributed by atoms with Gasteiger partial charge in [-0.3, -0.25) is 4.79 Å². The van der Waals surface area contributed by atoms with Gasteiger partial charge in [0, 0.05) is 33.7 Å². The molecule has 4 rings (SSSR count). The van der Waals surface area contributed by atoms with Crippen LogP contribution in [0.25, 0.3) is 11.1 Å². The molecule has 1 amide bonds. The zero-order chi connectivity index (χ0) is 19.0. The molecule has 1 N–H and O–H groups in total. The van der Waals surface area contributed by atoms with E-state index >= 15 is 0 Å². The summed E-state index contributed by atoms with van der Waals surface area (Å²) in [6, 6.07) is 12.0. The third-order valence-electron chi connectivity index (χ3n) is 4.75. The van der Waals surface area contributed by atoms with Crippen LogP contribution in [0.5, 0.6) is 11.5 Å². The van der Waals surface area contributed by atoms with Gasteiger partial charge < -0.3 is 14.8 Å². The molecular formula is C21H18FNO3S. The minimum Gasteiger partial charge on any atom is -0.493 e. The van der Waals surface area contributed by atoms with E-state index in [1.54, 1.807) is 37.7 Å². The number of thiophene rings is 1. The molecule has 2 heterocycles. The Kier molecular flexibility index (Phi) is 4.58. The second kappa shape index (κ2) is 7.04. The van der Waals surface area contributed by atoms with Crippen molar-refractivity contribution in [1.82, 2.24) is 0 Å². The lowest BCUT2D eigenvalue weighted by atomic mass is 9.88. The van der Waals surface area contributed by atoms with Crippen molar-refractivity contribution in [3.8, 4) is 22.6 Å². The van der Waals surface area contributed by atoms with Gasteiger partial charge in [-0.1, -0.05) is 24.3 Å². The summed E-state index contributed by atoms with van der Waals surface area (Å²) < 4.78 is 24.3. The predicted octanol–water partition coefficient (Wildman–Crippen LogP) is 5.05. The van der Waals surface area contributed by atoms with E-state index in [1.807, 2.05) is 23.6 Å². The minimum atomic E-state index is -0.286. The highest BCUT2D eigenvalue weighted by Crippen LogP contribution is 2.49. The Bertz CT molecular complexity index is 997. The van der Waals surface area contributed by atoms with Crippen molar-refractivity contribution in [2.45, 2.75) is 12.3 Å². The van der Waals surface area contributed by atoms with E-state index in [0.29, 0.717) is 17.9 Å². The van der Waals surface area contributed by atoms with Crippen LogP contribution in [0.1, 0.15) is 22.8 Å². The van der Waals surface area contributed by atoms with Gasteiger partial charge in [0.05, 0.1) is 19.9 Å². The number of anilines is 1. The summed E-state index contributed by atoms with van der Waals surface area (Å²) in [4.78, 5) is 13.5. The molecular weight excluding hydrogens is 365 g/mol. The van der Waals surface area contributed by atoms with Crippen molar-refractivity contribution in [2.24, 2.45) is 0 Å². The number of methoxy groups -OCH3 is 2. The molecule has 1 unspecified atom stereocenters. The van der Waals surface area contributed by atoms with E-state index in [0.717, 1.165) is 27.3 Å². The Morgan fingerprint density at radius 1 is 1.11 bits per heavy atom. The van der Waals surface area contributed by atoms with Crippen LogP contribution in [-0.4, -0.2) is 20.1 Å². The summed E-state index contributed by atoms with van der Waals surface area (Å²) in [5.74, 6) is 0.809. The average Bonchev–Trinajstić information content (AvgIpc) is 3.11. The van der Waals surface area contributed by atoms with Crippen LogP contribution in [0.15, 0.2) is 47.8 Å². The van der Waals surface area contributed by atoms with E-state index in [9.17, 15) is 9.18 Å². The molecule has 0 radical (unpaired) electrons. The fourth-order valence-corrected chi connectivity index (χ4v) is 4.66. The van der Waals surface area contributed by atoms with Gasteiger partial charge in [-0.05, 0) is 23.8 Å². The zero-order valence-electron chi connectivity index (χ0n) is 14.9. The van der Waals surface area contributed by atoms with E-state index in [2.05, 4.69) is 5.32 Å². The lowest BCUT2D eigenvalue weighted by Gasteiger charge is -2.25. The van der Waals surface area contributed by atoms with Crippen molar-refractivity contribution in [3.63, 3.8) is 0 Å². The van der Waals surface area contributed by atoms with Gasteiger partial charge in [-0.2, -0.15) is 0 Å². The molecule has 1 atom stereocenters. The van der Waals surface area contributed by atoms with Gasteiger partial charge in [0.2, 0.25) is 5.91 Å². The highest BCUT2D eigenvalue weighted by molar-refractivity contribution is 7.11. The zero-order valence-corrected chi connectivity index (χ0v) is 15.7. The third-order valence-corrected chi connectivity index (χ3v) is 5.85. The molecule has 1 aliphatic rings. The number of carbonyl (C=O) groups excluding carboxylic acids is 1. The first-order valence-electron chi connectivity index (χ1n) is 8.50. The Morgan fingerprint density at radius 3 is 2.59 bits per heavy atom. The van der Waals surface area contributed by atoms with Crippen molar-refractivity contribution in [3.05, 3.63) is 64.1 Å². The van der Waals surface area contributed by atoms with Crippen LogP contribution in [0.2, 0.25) is 0 Å². The first kappa shape index (κ1) is 17.5. The van der Waals surface area contributed by atoms with E-state index < -0.39 is 0 Å². The number of para-hydroxylation sites is 1. The molecule has 1 aliphatic heterocycles. The number of hydrogen-bond donors (Lipinski definition) is 1. The lowest BCUT2D eigenvalue weighted by molar-refractivity contribution is -0.116. The summed E-state index contributed by atoms with van der Waals surface area (Å²) in [7, 11) is 3.20. The van der Waals surface area contributed by atoms with Crippen LogP contribution in [0.3, 0.4) is 0 Å². The van der Waals surface area contributed by atoms with Crippen molar-refractivity contribution >= 4 is 22.9 Å². The van der Waals surface area contributed by atoms with Crippen molar-refractivity contribution < 1.29 is 18.7 Å². The van der Waals surface area contributed by atoms with Gasteiger partial charge in [0.25, 0.3) is 0 Å². The number of rotatable bonds is 4. The van der Waals surface area contributed by atoms with E-state index in [4.69, 9.17) is 9.47 Å². The quantitative estimate of drug-likeness (QED) is 0.686. The van der Waals surface area contributed by atoms with Gasteiger partial charge >= 0.3 is 0 Å². The largest absolute Gasteiger partial charge is 0.493 e. The molecule has 1 aromatic heterocycles. The summed E-state index contributed by atoms with van der Waals surface area (Å²) in [6.45, 7) is 0. The smallest absolute Gasteiger partial charge is 0.225 e. The molecule has 0 bridgehead atoms. The molecule has 0 fully saturated rings. The summed E-state index contributed by atoms with van der Waals surface area (Å²) in [5.41, 5.74) is 3.47. The Balaban J connectivity index is 1.84. The number of benzene rings is 2. The maximum atomic E-state index is 13.3. The molecule has 6 heteroatoms. The van der Waals surface area contributed by atoms with Crippen LogP contribution in [0, 0.1) is 5.82 Å². The average molecular weight is 383 g/mol. The standard InChI is InChI=1S/C21H18FNO3S/c1-25-17-5-3-4-14(20(17)26-2)15-10-18(24)23-19-16(11-27-21(15)19)12-6-8-13(22)9-7-12/h3-9,11,15H,10H2,1-2H3,(H,23,24). The summed E-state index contributed by atoms with van der Waals surface area (Å²) in [6.07, 6.45) is 0.333. The number of amides is 1. The first-order chi connectivity index (χ1) is 13.1. The van der Waals surface area contributed by atoms with E-state index in [-0.39, 0.29) is 17.6 Å². The van der Waals surface area contributed by atoms with Crippen LogP contribution in [0.4, 0.5) is 10.1 Å². The maximum Gasteiger partial charge on any atom is 0.225 e. The molecule has 0 saturated heterocycles. The predicted molar refractivity (Wildman–Crippen MR) is 104 cm³/mol. The van der Waals surface area contributed by atoms with Gasteiger partial charge in [0.1, 0.15) is 5.82 Å². The molecule has 3 aromatic rings. The number of hydrogen-bond acceptors (Lipinski definition) is 4. The van der Waals surface area contributed by atoms with Gasteiger partial charge in [-0.25, -0.2) is 4.39 Å². The molecule has 27 heavy (non-hydrogen) atoms. The second-order valence-electron chi connectivity index (χ2n) is 6.28. The second-order valence-corrected chi connectivity index (χ2v) is 7.19. The fraction of sp³-hybridized carbons (Fsp3) is 0.190.